The molecule has 0 saturated carbocycles. The highest BCUT2D eigenvalue weighted by molar-refractivity contribution is 7.91. The van der Waals surface area contributed by atoms with Gasteiger partial charge in [0.2, 0.25) is 0 Å². The molecule has 5 nitrogen and oxygen atoms in total. The van der Waals surface area contributed by atoms with Gasteiger partial charge in [0, 0.05) is 34.4 Å². The molecule has 1 atom stereocenters. The zero-order valence-electron chi connectivity index (χ0n) is 16.8. The Morgan fingerprint density at radius 1 is 0.967 bits per heavy atom. The summed E-state index contributed by atoms with van der Waals surface area (Å²) in [6.07, 6.45) is 1.48. The van der Waals surface area contributed by atoms with Gasteiger partial charge in [0.15, 0.2) is 20.6 Å². The molecule has 0 radical (unpaired) electrons. The second-order valence-electron chi connectivity index (χ2n) is 7.34. The summed E-state index contributed by atoms with van der Waals surface area (Å²) in [5.74, 6) is -0.175. The molecule has 4 rings (SSSR count). The number of hydrogen-bond acceptors (Lipinski definition) is 4. The van der Waals surface area contributed by atoms with Crippen LogP contribution in [0.4, 0.5) is 0 Å². The number of fused-ring (bicyclic) bond motifs is 1. The van der Waals surface area contributed by atoms with Crippen molar-refractivity contribution in [3.05, 3.63) is 95.8 Å². The number of sulfone groups is 1. The summed E-state index contributed by atoms with van der Waals surface area (Å²) in [4.78, 5) is 17.3. The summed E-state index contributed by atoms with van der Waals surface area (Å²) < 4.78 is 27.7. The summed E-state index contributed by atoms with van der Waals surface area (Å²) in [7, 11) is -3.57. The number of carbonyl (C=O) groups is 1. The molecule has 0 fully saturated rings. The van der Waals surface area contributed by atoms with Crippen LogP contribution in [0.25, 0.3) is 10.9 Å². The lowest BCUT2D eigenvalue weighted by molar-refractivity contribution is 0.103. The van der Waals surface area contributed by atoms with Crippen LogP contribution in [0, 0.1) is 6.92 Å². The van der Waals surface area contributed by atoms with Gasteiger partial charge in [-0.1, -0.05) is 54.6 Å². The van der Waals surface area contributed by atoms with Crippen molar-refractivity contribution in [3.63, 3.8) is 0 Å². The third-order valence-corrected chi connectivity index (χ3v) is 7.08. The molecule has 2 aromatic heterocycles. The topological polar surface area (TPSA) is 69.0 Å². The molecule has 0 aliphatic rings. The van der Waals surface area contributed by atoms with Crippen LogP contribution in [0.2, 0.25) is 0 Å². The minimum Gasteiger partial charge on any atom is -0.340 e. The summed E-state index contributed by atoms with van der Waals surface area (Å²) in [6.45, 7) is 3.73. The first-order chi connectivity index (χ1) is 14.4. The monoisotopic (exact) mass is 418 g/mol. The maximum absolute atomic E-state index is 13.3. The lowest BCUT2D eigenvalue weighted by atomic mass is 10.0. The molecule has 30 heavy (non-hydrogen) atoms. The standard InChI is InChI=1S/C24H22N2O3S/c1-17(16-30(28,29)22-14-8-9-15-25-22)26-18(2)23(20-12-6-7-13-21(20)26)24(27)19-10-4-3-5-11-19/h3-15,17H,16H2,1-2H3. The van der Waals surface area contributed by atoms with Crippen molar-refractivity contribution in [2.75, 3.05) is 5.75 Å². The zero-order chi connectivity index (χ0) is 21.3. The Bertz CT molecular complexity index is 1310. The molecule has 0 saturated heterocycles. The highest BCUT2D eigenvalue weighted by Crippen LogP contribution is 2.31. The van der Waals surface area contributed by atoms with Gasteiger partial charge in [-0.25, -0.2) is 13.4 Å². The van der Waals surface area contributed by atoms with E-state index in [1.807, 2.05) is 60.9 Å². The van der Waals surface area contributed by atoms with Gasteiger partial charge in [0.25, 0.3) is 0 Å². The van der Waals surface area contributed by atoms with Gasteiger partial charge in [-0.05, 0) is 32.0 Å². The van der Waals surface area contributed by atoms with E-state index in [-0.39, 0.29) is 22.6 Å². The highest BCUT2D eigenvalue weighted by Gasteiger charge is 2.26. The molecule has 0 spiro atoms. The van der Waals surface area contributed by atoms with Crippen molar-refractivity contribution in [1.82, 2.24) is 9.55 Å². The molecule has 0 aliphatic carbocycles. The number of pyridine rings is 1. The molecule has 6 heteroatoms. The number of ketones is 1. The van der Waals surface area contributed by atoms with Gasteiger partial charge in [0.1, 0.15) is 0 Å². The number of rotatable bonds is 6. The smallest absolute Gasteiger partial charge is 0.197 e. The van der Waals surface area contributed by atoms with Crippen molar-refractivity contribution in [2.45, 2.75) is 24.9 Å². The van der Waals surface area contributed by atoms with Gasteiger partial charge in [-0.2, -0.15) is 0 Å². The molecule has 2 heterocycles. The van der Waals surface area contributed by atoms with Gasteiger partial charge < -0.3 is 4.57 Å². The average molecular weight is 419 g/mol. The van der Waals surface area contributed by atoms with Crippen LogP contribution < -0.4 is 0 Å². The van der Waals surface area contributed by atoms with Crippen LogP contribution in [0.5, 0.6) is 0 Å². The van der Waals surface area contributed by atoms with Crippen LogP contribution in [-0.4, -0.2) is 29.5 Å². The Morgan fingerprint density at radius 2 is 1.63 bits per heavy atom. The van der Waals surface area contributed by atoms with E-state index in [0.29, 0.717) is 11.1 Å². The van der Waals surface area contributed by atoms with Crippen molar-refractivity contribution in [3.8, 4) is 0 Å². The Kier molecular flexibility index (Phi) is 5.26. The average Bonchev–Trinajstić information content (AvgIpc) is 3.06. The largest absolute Gasteiger partial charge is 0.340 e. The van der Waals surface area contributed by atoms with E-state index in [9.17, 15) is 13.2 Å². The molecule has 4 aromatic rings. The number of carbonyl (C=O) groups excluding carboxylic acids is 1. The van der Waals surface area contributed by atoms with E-state index in [4.69, 9.17) is 0 Å². The predicted octanol–water partition coefficient (Wildman–Crippen LogP) is 4.61. The maximum atomic E-state index is 13.3. The van der Waals surface area contributed by atoms with Crippen molar-refractivity contribution in [2.24, 2.45) is 0 Å². The SMILES string of the molecule is Cc1c(C(=O)c2ccccc2)c2ccccc2n1C(C)CS(=O)(=O)c1ccccn1. The quantitative estimate of drug-likeness (QED) is 0.429. The number of aromatic nitrogens is 2. The molecular weight excluding hydrogens is 396 g/mol. The van der Waals surface area contributed by atoms with E-state index in [1.165, 1.54) is 12.3 Å². The van der Waals surface area contributed by atoms with Gasteiger partial charge >= 0.3 is 0 Å². The van der Waals surface area contributed by atoms with Crippen molar-refractivity contribution in [1.29, 1.82) is 0 Å². The number of nitrogens with zero attached hydrogens (tertiary/aromatic N) is 2. The van der Waals surface area contributed by atoms with Gasteiger partial charge in [-0.15, -0.1) is 0 Å². The fraction of sp³-hybridized carbons (Fsp3) is 0.167. The van der Waals surface area contributed by atoms with Crippen LogP contribution in [0.15, 0.2) is 84.0 Å². The van der Waals surface area contributed by atoms with E-state index in [1.54, 1.807) is 24.3 Å². The first kappa shape index (κ1) is 20.0. The second-order valence-corrected chi connectivity index (χ2v) is 9.32. The zero-order valence-corrected chi connectivity index (χ0v) is 17.6. The second kappa shape index (κ2) is 7.88. The van der Waals surface area contributed by atoms with Crippen LogP contribution in [0.3, 0.4) is 0 Å². The summed E-state index contributed by atoms with van der Waals surface area (Å²) in [5.41, 5.74) is 2.82. The van der Waals surface area contributed by atoms with Gasteiger partial charge in [0.05, 0.1) is 11.3 Å². The summed E-state index contributed by atoms with van der Waals surface area (Å²) >= 11 is 0. The minimum atomic E-state index is -3.57. The number of benzene rings is 2. The summed E-state index contributed by atoms with van der Waals surface area (Å²) in [6, 6.07) is 21.2. The number of hydrogen-bond donors (Lipinski definition) is 0. The minimum absolute atomic E-state index is 0.0616. The Balaban J connectivity index is 1.80. The molecule has 0 bridgehead atoms. The molecule has 0 N–H and O–H groups in total. The maximum Gasteiger partial charge on any atom is 0.197 e. The van der Waals surface area contributed by atoms with E-state index in [0.717, 1.165) is 16.6 Å². The fourth-order valence-electron chi connectivity index (χ4n) is 3.99. The van der Waals surface area contributed by atoms with Crippen LogP contribution in [0.1, 0.15) is 34.6 Å². The lowest BCUT2D eigenvalue weighted by Crippen LogP contribution is -2.19. The van der Waals surface area contributed by atoms with E-state index in [2.05, 4.69) is 4.98 Å². The van der Waals surface area contributed by atoms with Crippen molar-refractivity contribution >= 4 is 26.5 Å². The first-order valence-electron chi connectivity index (χ1n) is 9.73. The number of para-hydroxylation sites is 1. The highest BCUT2D eigenvalue weighted by atomic mass is 32.2. The third-order valence-electron chi connectivity index (χ3n) is 5.28. The molecule has 0 amide bonds. The van der Waals surface area contributed by atoms with Crippen molar-refractivity contribution < 1.29 is 13.2 Å². The van der Waals surface area contributed by atoms with E-state index >= 15 is 0 Å². The fourth-order valence-corrected chi connectivity index (χ4v) is 5.45. The first-order valence-corrected chi connectivity index (χ1v) is 11.4. The Morgan fingerprint density at radius 3 is 2.33 bits per heavy atom. The molecule has 0 aliphatic heterocycles. The predicted molar refractivity (Wildman–Crippen MR) is 118 cm³/mol. The van der Waals surface area contributed by atoms with Gasteiger partial charge in [-0.3, -0.25) is 4.79 Å². The van der Waals surface area contributed by atoms with E-state index < -0.39 is 9.84 Å². The Labute approximate surface area is 175 Å². The Hall–Kier alpha value is -3.25. The molecule has 152 valence electrons. The summed E-state index contributed by atoms with van der Waals surface area (Å²) in [5, 5.41) is 0.887. The molecule has 2 aromatic carbocycles. The molecular formula is C24H22N2O3S. The molecule has 1 unspecified atom stereocenters. The van der Waals surface area contributed by atoms with Crippen LogP contribution >= 0.6 is 0 Å². The lowest BCUT2D eigenvalue weighted by Gasteiger charge is -2.18. The third kappa shape index (κ3) is 3.55. The normalized spacial score (nSPS) is 12.7. The van der Waals surface area contributed by atoms with Crippen LogP contribution in [-0.2, 0) is 9.84 Å².